The highest BCUT2D eigenvalue weighted by Gasteiger charge is 2.41. The van der Waals surface area contributed by atoms with Gasteiger partial charge in [0.2, 0.25) is 0 Å². The molecule has 4 rings (SSSR count). The Bertz CT molecular complexity index is 1110. The molecule has 2 saturated heterocycles. The van der Waals surface area contributed by atoms with Gasteiger partial charge in [-0.05, 0) is 64.9 Å². The van der Waals surface area contributed by atoms with Gasteiger partial charge in [-0.15, -0.1) is 0 Å². The molecule has 7 nitrogen and oxygen atoms in total. The van der Waals surface area contributed by atoms with E-state index in [0.717, 1.165) is 38.1 Å². The third-order valence-electron chi connectivity index (χ3n) is 6.86. The van der Waals surface area contributed by atoms with Crippen LogP contribution in [0.15, 0.2) is 24.4 Å². The number of aliphatic hydroxyl groups is 1. The molecule has 1 N–H and O–H groups in total. The summed E-state index contributed by atoms with van der Waals surface area (Å²) in [4.78, 5) is 20.9. The largest absolute Gasteiger partial charge is 0.444 e. The van der Waals surface area contributed by atoms with Crippen molar-refractivity contribution in [2.45, 2.75) is 70.4 Å². The number of carbonyl (C=O) groups is 1. The third kappa shape index (κ3) is 6.43. The molecular formula is C26H34F4N4O3. The number of nitrogens with zero attached hydrogens (tertiary/aromatic N) is 4. The van der Waals surface area contributed by atoms with Crippen molar-refractivity contribution in [3.05, 3.63) is 41.6 Å². The quantitative estimate of drug-likeness (QED) is 0.554. The summed E-state index contributed by atoms with van der Waals surface area (Å²) < 4.78 is 61.1. The van der Waals surface area contributed by atoms with E-state index >= 15 is 0 Å². The number of imidazole rings is 1. The van der Waals surface area contributed by atoms with E-state index in [4.69, 9.17) is 4.74 Å². The number of hydrogen-bond acceptors (Lipinski definition) is 5. The summed E-state index contributed by atoms with van der Waals surface area (Å²) in [5, 5.41) is 11.6. The number of likely N-dealkylation sites (tertiary alicyclic amines) is 2. The highest BCUT2D eigenvalue weighted by molar-refractivity contribution is 5.68. The molecule has 11 heteroatoms. The molecule has 204 valence electrons. The monoisotopic (exact) mass is 526 g/mol. The average molecular weight is 527 g/mol. The summed E-state index contributed by atoms with van der Waals surface area (Å²) in [7, 11) is 0. The normalized spacial score (nSPS) is 18.9. The van der Waals surface area contributed by atoms with E-state index in [9.17, 15) is 27.5 Å². The summed E-state index contributed by atoms with van der Waals surface area (Å²) >= 11 is 0. The van der Waals surface area contributed by atoms with E-state index in [-0.39, 0.29) is 37.2 Å². The Kier molecular flexibility index (Phi) is 7.58. The Morgan fingerprint density at radius 1 is 1.08 bits per heavy atom. The van der Waals surface area contributed by atoms with E-state index in [2.05, 4.69) is 9.88 Å². The van der Waals surface area contributed by atoms with Crippen LogP contribution in [0.25, 0.3) is 11.3 Å². The number of halogens is 4. The smallest absolute Gasteiger partial charge is 0.419 e. The fourth-order valence-electron chi connectivity index (χ4n) is 4.86. The molecule has 3 heterocycles. The van der Waals surface area contributed by atoms with E-state index in [0.29, 0.717) is 18.9 Å². The zero-order chi connectivity index (χ0) is 27.0. The average Bonchev–Trinajstić information content (AvgIpc) is 3.47. The molecule has 2 aliphatic heterocycles. The third-order valence-corrected chi connectivity index (χ3v) is 6.86. The first-order chi connectivity index (χ1) is 17.2. The number of aromatic nitrogens is 2. The van der Waals surface area contributed by atoms with Gasteiger partial charge in [0, 0.05) is 50.8 Å². The summed E-state index contributed by atoms with van der Waals surface area (Å²) in [5.74, 6) is -1.01. The predicted molar refractivity (Wildman–Crippen MR) is 129 cm³/mol. The van der Waals surface area contributed by atoms with E-state index in [1.54, 1.807) is 31.5 Å². The van der Waals surface area contributed by atoms with Crippen molar-refractivity contribution in [2.24, 2.45) is 0 Å². The Hall–Kier alpha value is -2.66. The van der Waals surface area contributed by atoms with E-state index in [1.165, 1.54) is 11.0 Å². The number of rotatable bonds is 5. The van der Waals surface area contributed by atoms with Crippen molar-refractivity contribution in [2.75, 3.05) is 32.7 Å². The summed E-state index contributed by atoms with van der Waals surface area (Å²) in [6, 6.07) is 2.80. The minimum absolute atomic E-state index is 0.115. The number of ether oxygens (including phenoxy) is 1. The first kappa shape index (κ1) is 27.4. The molecule has 0 saturated carbocycles. The van der Waals surface area contributed by atoms with Crippen LogP contribution in [0, 0.1) is 5.82 Å². The van der Waals surface area contributed by atoms with Crippen LogP contribution in [0.4, 0.5) is 22.4 Å². The van der Waals surface area contributed by atoms with Crippen molar-refractivity contribution >= 4 is 6.09 Å². The molecule has 1 aromatic carbocycles. The first-order valence-electron chi connectivity index (χ1n) is 12.6. The lowest BCUT2D eigenvalue weighted by Gasteiger charge is -2.38. The zero-order valence-electron chi connectivity index (χ0n) is 21.4. The van der Waals surface area contributed by atoms with Crippen LogP contribution in [-0.4, -0.2) is 68.9 Å². The van der Waals surface area contributed by atoms with Crippen LogP contribution in [-0.2, 0) is 23.1 Å². The zero-order valence-corrected chi connectivity index (χ0v) is 21.4. The second-order valence-corrected chi connectivity index (χ2v) is 10.9. The van der Waals surface area contributed by atoms with Gasteiger partial charge < -0.3 is 24.2 Å². The van der Waals surface area contributed by atoms with E-state index < -0.39 is 34.9 Å². The topological polar surface area (TPSA) is 70.8 Å². The van der Waals surface area contributed by atoms with Gasteiger partial charge in [-0.2, -0.15) is 13.2 Å². The molecule has 0 spiro atoms. The van der Waals surface area contributed by atoms with Crippen LogP contribution >= 0.6 is 0 Å². The van der Waals surface area contributed by atoms with Gasteiger partial charge in [0.1, 0.15) is 22.8 Å². The van der Waals surface area contributed by atoms with Gasteiger partial charge in [0.05, 0.1) is 11.3 Å². The number of hydrogen-bond donors (Lipinski definition) is 1. The maximum Gasteiger partial charge on any atom is 0.419 e. The minimum atomic E-state index is -4.84. The Balaban J connectivity index is 1.61. The van der Waals surface area contributed by atoms with Crippen molar-refractivity contribution in [3.8, 4) is 11.3 Å². The highest BCUT2D eigenvalue weighted by Crippen LogP contribution is 2.37. The van der Waals surface area contributed by atoms with Gasteiger partial charge in [0.25, 0.3) is 0 Å². The molecule has 0 aliphatic carbocycles. The summed E-state index contributed by atoms with van der Waals surface area (Å²) in [6.45, 7) is 8.98. The number of carbonyl (C=O) groups excluding carboxylic acids is 1. The molecule has 0 radical (unpaired) electrons. The molecular weight excluding hydrogens is 492 g/mol. The first-order valence-corrected chi connectivity index (χ1v) is 12.6. The maximum atomic E-state index is 13.9. The van der Waals surface area contributed by atoms with Gasteiger partial charge in [0.15, 0.2) is 0 Å². The Morgan fingerprint density at radius 3 is 2.32 bits per heavy atom. The minimum Gasteiger partial charge on any atom is -0.444 e. The van der Waals surface area contributed by atoms with Crippen molar-refractivity contribution in [3.63, 3.8) is 0 Å². The standard InChI is InChI=1S/C26H34F4N4O3/c1-24(2,3)37-23(35)33-12-8-25(36,9-13-33)22-31-21(17-34(22)15-14-32-10-4-5-11-32)18-6-7-20(27)19(16-18)26(28,29)30/h6-7,16-17,36H,4-5,8-15H2,1-3H3. The molecule has 1 amide bonds. The van der Waals surface area contributed by atoms with Gasteiger partial charge in [-0.25, -0.2) is 14.2 Å². The number of amides is 1. The second-order valence-electron chi connectivity index (χ2n) is 10.9. The lowest BCUT2D eigenvalue weighted by molar-refractivity contribution is -0.139. The molecule has 37 heavy (non-hydrogen) atoms. The summed E-state index contributed by atoms with van der Waals surface area (Å²) in [6.07, 6.45) is -1.05. The molecule has 2 aliphatic rings. The van der Waals surface area contributed by atoms with Crippen molar-refractivity contribution < 1.29 is 32.2 Å². The fourth-order valence-corrected chi connectivity index (χ4v) is 4.86. The van der Waals surface area contributed by atoms with Crippen molar-refractivity contribution in [1.82, 2.24) is 19.4 Å². The lowest BCUT2D eigenvalue weighted by Crippen LogP contribution is -2.47. The molecule has 0 atom stereocenters. The van der Waals surface area contributed by atoms with E-state index in [1.807, 2.05) is 0 Å². The number of piperidine rings is 1. The molecule has 0 unspecified atom stereocenters. The molecule has 0 bridgehead atoms. The Labute approximate surface area is 214 Å². The van der Waals surface area contributed by atoms with Gasteiger partial charge in [-0.1, -0.05) is 0 Å². The molecule has 1 aromatic heterocycles. The van der Waals surface area contributed by atoms with Crippen LogP contribution in [0.1, 0.15) is 57.8 Å². The number of benzene rings is 1. The van der Waals surface area contributed by atoms with Crippen molar-refractivity contribution in [1.29, 1.82) is 0 Å². The van der Waals surface area contributed by atoms with Gasteiger partial charge in [-0.3, -0.25) is 0 Å². The fraction of sp³-hybridized carbons (Fsp3) is 0.615. The molecule has 2 fully saturated rings. The highest BCUT2D eigenvalue weighted by atomic mass is 19.4. The van der Waals surface area contributed by atoms with Crippen LogP contribution < -0.4 is 0 Å². The number of alkyl halides is 3. The van der Waals surface area contributed by atoms with Crippen LogP contribution in [0.5, 0.6) is 0 Å². The molecule has 2 aromatic rings. The Morgan fingerprint density at radius 2 is 1.73 bits per heavy atom. The summed E-state index contributed by atoms with van der Waals surface area (Å²) in [5.41, 5.74) is -3.04. The SMILES string of the molecule is CC(C)(C)OC(=O)N1CCC(O)(c2nc(-c3ccc(F)c(C(F)(F)F)c3)cn2CCN2CCCC2)CC1. The van der Waals surface area contributed by atoms with Gasteiger partial charge >= 0.3 is 12.3 Å². The lowest BCUT2D eigenvalue weighted by atomic mass is 9.90. The maximum absolute atomic E-state index is 13.9. The van der Waals surface area contributed by atoms with Crippen LogP contribution in [0.3, 0.4) is 0 Å². The second kappa shape index (κ2) is 10.2. The van der Waals surface area contributed by atoms with Crippen LogP contribution in [0.2, 0.25) is 0 Å². The predicted octanol–water partition coefficient (Wildman–Crippen LogP) is 5.02.